The van der Waals surface area contributed by atoms with E-state index in [9.17, 15) is 26.4 Å². The molecule has 2 atom stereocenters. The summed E-state index contributed by atoms with van der Waals surface area (Å²) in [6, 6.07) is 0. The van der Waals surface area contributed by atoms with E-state index in [1.807, 2.05) is 0 Å². The number of carboxylic acid groups (broad SMARTS) is 1. The van der Waals surface area contributed by atoms with Gasteiger partial charge in [-0.2, -0.15) is 13.2 Å². The van der Waals surface area contributed by atoms with Gasteiger partial charge in [0.15, 0.2) is 0 Å². The third-order valence-corrected chi connectivity index (χ3v) is 6.32. The highest BCUT2D eigenvalue weighted by Gasteiger charge is 2.54. The maximum absolute atomic E-state index is 12.9. The molecule has 9 heteroatoms. The van der Waals surface area contributed by atoms with Gasteiger partial charge in [-0.3, -0.25) is 4.79 Å². The second kappa shape index (κ2) is 5.75. The van der Waals surface area contributed by atoms with E-state index in [0.29, 0.717) is 4.31 Å². The molecule has 2 fully saturated rings. The van der Waals surface area contributed by atoms with Crippen LogP contribution in [0.1, 0.15) is 25.7 Å². The van der Waals surface area contributed by atoms with Crippen LogP contribution in [0.5, 0.6) is 0 Å². The van der Waals surface area contributed by atoms with E-state index in [1.165, 1.54) is 0 Å². The summed E-state index contributed by atoms with van der Waals surface area (Å²) in [5.74, 6) is -5.65. The van der Waals surface area contributed by atoms with E-state index in [-0.39, 0.29) is 11.7 Å². The largest absolute Gasteiger partial charge is 0.481 e. The molecular weight excluding hydrogens is 311 g/mol. The van der Waals surface area contributed by atoms with Crippen molar-refractivity contribution in [2.24, 2.45) is 17.8 Å². The Hall–Kier alpha value is -0.830. The van der Waals surface area contributed by atoms with Crippen LogP contribution >= 0.6 is 0 Å². The Bertz CT molecular complexity index is 499. The summed E-state index contributed by atoms with van der Waals surface area (Å²) in [7, 11) is -3.83. The minimum atomic E-state index is -4.71. The lowest BCUT2D eigenvalue weighted by molar-refractivity contribution is -0.187. The van der Waals surface area contributed by atoms with Crippen LogP contribution < -0.4 is 0 Å². The van der Waals surface area contributed by atoms with Gasteiger partial charge in [0.2, 0.25) is 10.0 Å². The van der Waals surface area contributed by atoms with Crippen molar-refractivity contribution in [2.45, 2.75) is 31.9 Å². The molecular formula is C12H18F3NO4S. The first-order valence-corrected chi connectivity index (χ1v) is 8.49. The molecule has 1 saturated heterocycles. The molecule has 1 heterocycles. The molecule has 0 aromatic heterocycles. The molecule has 0 unspecified atom stereocenters. The molecule has 0 aromatic carbocycles. The van der Waals surface area contributed by atoms with Gasteiger partial charge in [-0.15, -0.1) is 0 Å². The van der Waals surface area contributed by atoms with Crippen LogP contribution in [0.25, 0.3) is 0 Å². The smallest absolute Gasteiger partial charge is 0.393 e. The van der Waals surface area contributed by atoms with Crippen molar-refractivity contribution in [3.05, 3.63) is 0 Å². The zero-order valence-corrected chi connectivity index (χ0v) is 12.2. The molecule has 5 nitrogen and oxygen atoms in total. The molecule has 0 spiro atoms. The number of rotatable bonds is 4. The molecule has 21 heavy (non-hydrogen) atoms. The Morgan fingerprint density at radius 2 is 1.76 bits per heavy atom. The molecule has 1 N–H and O–H groups in total. The van der Waals surface area contributed by atoms with Gasteiger partial charge in [0.25, 0.3) is 0 Å². The Balaban J connectivity index is 2.12. The first-order valence-electron chi connectivity index (χ1n) is 6.88. The highest BCUT2D eigenvalue weighted by atomic mass is 32.2. The summed E-state index contributed by atoms with van der Waals surface area (Å²) >= 11 is 0. The van der Waals surface area contributed by atoms with Crippen molar-refractivity contribution >= 4 is 16.0 Å². The standard InChI is InChI=1S/C12H18F3NO4S/c13-12(14,15)10-6-16(5-9(10)11(17)18)21(19,20)7-8-3-1-2-4-8/h8-10H,1-7H2,(H,17,18)/t9-,10-/m1/s1. The van der Waals surface area contributed by atoms with Gasteiger partial charge < -0.3 is 5.11 Å². The number of sulfonamides is 1. The summed E-state index contributed by atoms with van der Waals surface area (Å²) in [5.41, 5.74) is 0. The molecule has 0 amide bonds. The third kappa shape index (κ3) is 3.68. The molecule has 2 rings (SSSR count). The van der Waals surface area contributed by atoms with Crippen LogP contribution in [-0.4, -0.2) is 48.8 Å². The van der Waals surface area contributed by atoms with E-state index in [0.717, 1.165) is 25.7 Å². The molecule has 0 aromatic rings. The van der Waals surface area contributed by atoms with Crippen LogP contribution in [0.4, 0.5) is 13.2 Å². The van der Waals surface area contributed by atoms with E-state index in [2.05, 4.69) is 0 Å². The monoisotopic (exact) mass is 329 g/mol. The molecule has 0 bridgehead atoms. The normalized spacial score (nSPS) is 29.1. The molecule has 1 aliphatic heterocycles. The lowest BCUT2D eigenvalue weighted by Gasteiger charge is -2.19. The maximum Gasteiger partial charge on any atom is 0.393 e. The summed E-state index contributed by atoms with van der Waals surface area (Å²) in [5, 5.41) is 8.89. The fourth-order valence-corrected chi connectivity index (χ4v) is 5.07. The van der Waals surface area contributed by atoms with Crippen LogP contribution in [-0.2, 0) is 14.8 Å². The minimum absolute atomic E-state index is 0.0248. The predicted octanol–water partition coefficient (Wildman–Crippen LogP) is 1.70. The number of nitrogens with zero attached hydrogens (tertiary/aromatic N) is 1. The van der Waals surface area contributed by atoms with Gasteiger partial charge in [0.1, 0.15) is 0 Å². The van der Waals surface area contributed by atoms with Crippen LogP contribution in [0.3, 0.4) is 0 Å². The van der Waals surface area contributed by atoms with Crippen LogP contribution in [0.2, 0.25) is 0 Å². The minimum Gasteiger partial charge on any atom is -0.481 e. The van der Waals surface area contributed by atoms with E-state index in [4.69, 9.17) is 5.11 Å². The summed E-state index contributed by atoms with van der Waals surface area (Å²) < 4.78 is 63.7. The summed E-state index contributed by atoms with van der Waals surface area (Å²) in [6.45, 7) is -1.37. The SMILES string of the molecule is O=C(O)[C@@H]1CN(S(=O)(=O)CC2CCCC2)C[C@H]1C(F)(F)F. The van der Waals surface area contributed by atoms with Crippen LogP contribution in [0, 0.1) is 17.8 Å². The molecule has 1 saturated carbocycles. The molecule has 2 aliphatic rings. The van der Waals surface area contributed by atoms with Crippen molar-refractivity contribution < 1.29 is 31.5 Å². The molecule has 122 valence electrons. The van der Waals surface area contributed by atoms with Gasteiger partial charge in [0, 0.05) is 13.1 Å². The Kier molecular flexibility index (Phi) is 4.53. The van der Waals surface area contributed by atoms with Crippen molar-refractivity contribution in [3.63, 3.8) is 0 Å². The van der Waals surface area contributed by atoms with Gasteiger partial charge in [-0.05, 0) is 18.8 Å². The van der Waals surface area contributed by atoms with Gasteiger partial charge in [0.05, 0.1) is 17.6 Å². The quantitative estimate of drug-likeness (QED) is 0.852. The zero-order valence-electron chi connectivity index (χ0n) is 11.3. The first-order chi connectivity index (χ1) is 9.61. The van der Waals surface area contributed by atoms with Crippen LogP contribution in [0.15, 0.2) is 0 Å². The van der Waals surface area contributed by atoms with E-state index in [1.54, 1.807) is 0 Å². The lowest BCUT2D eigenvalue weighted by Crippen LogP contribution is -2.35. The Labute approximate surface area is 121 Å². The van der Waals surface area contributed by atoms with Gasteiger partial charge in [-0.25, -0.2) is 12.7 Å². The van der Waals surface area contributed by atoms with E-state index >= 15 is 0 Å². The Morgan fingerprint density at radius 1 is 1.19 bits per heavy atom. The zero-order chi connectivity index (χ0) is 15.8. The second-order valence-electron chi connectivity index (χ2n) is 5.84. The number of alkyl halides is 3. The van der Waals surface area contributed by atoms with E-state index < -0.39 is 47.1 Å². The van der Waals surface area contributed by atoms with Crippen molar-refractivity contribution in [1.29, 1.82) is 0 Å². The fraction of sp³-hybridized carbons (Fsp3) is 0.917. The third-order valence-electron chi connectivity index (χ3n) is 4.34. The number of halogens is 3. The lowest BCUT2D eigenvalue weighted by atomic mass is 9.96. The summed E-state index contributed by atoms with van der Waals surface area (Å²) in [6.07, 6.45) is -1.32. The van der Waals surface area contributed by atoms with Crippen molar-refractivity contribution in [1.82, 2.24) is 4.31 Å². The maximum atomic E-state index is 12.9. The molecule has 0 radical (unpaired) electrons. The van der Waals surface area contributed by atoms with Crippen molar-refractivity contribution in [3.8, 4) is 0 Å². The van der Waals surface area contributed by atoms with Gasteiger partial charge >= 0.3 is 12.1 Å². The number of hydrogen-bond acceptors (Lipinski definition) is 3. The second-order valence-corrected chi connectivity index (χ2v) is 7.85. The molecule has 1 aliphatic carbocycles. The number of carbonyl (C=O) groups is 1. The topological polar surface area (TPSA) is 74.7 Å². The number of carboxylic acids is 1. The first kappa shape index (κ1) is 16.5. The fourth-order valence-electron chi connectivity index (χ4n) is 3.16. The number of hydrogen-bond donors (Lipinski definition) is 1. The highest BCUT2D eigenvalue weighted by molar-refractivity contribution is 7.89. The highest BCUT2D eigenvalue weighted by Crippen LogP contribution is 2.39. The summed E-state index contributed by atoms with van der Waals surface area (Å²) in [4.78, 5) is 11.0. The van der Waals surface area contributed by atoms with Gasteiger partial charge in [-0.1, -0.05) is 12.8 Å². The Morgan fingerprint density at radius 3 is 2.19 bits per heavy atom. The predicted molar refractivity (Wildman–Crippen MR) is 68.0 cm³/mol. The average molecular weight is 329 g/mol. The number of aliphatic carboxylic acids is 1. The average Bonchev–Trinajstić information content (AvgIpc) is 2.94. The van der Waals surface area contributed by atoms with Crippen molar-refractivity contribution in [2.75, 3.05) is 18.8 Å².